The molecule has 0 aromatic rings. The lowest BCUT2D eigenvalue weighted by molar-refractivity contribution is -0.142. The van der Waals surface area contributed by atoms with Gasteiger partial charge in [-0.05, 0) is 46.0 Å². The van der Waals surface area contributed by atoms with E-state index in [2.05, 4.69) is 5.32 Å². The normalized spacial score (nSPS) is 28.3. The van der Waals surface area contributed by atoms with Gasteiger partial charge in [0, 0.05) is 18.1 Å². The molecule has 18 heavy (non-hydrogen) atoms. The molecule has 2 fully saturated rings. The minimum atomic E-state index is -0.806. The fourth-order valence-electron chi connectivity index (χ4n) is 2.81. The molecule has 0 bridgehead atoms. The number of aliphatic carboxylic acids is 1. The molecule has 2 N–H and O–H groups in total. The Morgan fingerprint density at radius 1 is 1.28 bits per heavy atom. The summed E-state index contributed by atoms with van der Waals surface area (Å²) in [6.07, 6.45) is 2.88. The summed E-state index contributed by atoms with van der Waals surface area (Å²) < 4.78 is 0. The Balaban J connectivity index is 1.96. The molecule has 0 aromatic heterocycles. The molecule has 0 spiro atoms. The summed E-state index contributed by atoms with van der Waals surface area (Å²) in [4.78, 5) is 24.9. The molecule has 5 nitrogen and oxygen atoms in total. The van der Waals surface area contributed by atoms with Gasteiger partial charge in [0.05, 0.1) is 5.92 Å². The predicted molar refractivity (Wildman–Crippen MR) is 67.2 cm³/mol. The molecule has 2 atom stereocenters. The molecule has 0 radical (unpaired) electrons. The van der Waals surface area contributed by atoms with E-state index in [-0.39, 0.29) is 17.6 Å². The van der Waals surface area contributed by atoms with Crippen LogP contribution < -0.4 is 5.32 Å². The first kappa shape index (κ1) is 13.2. The van der Waals surface area contributed by atoms with Crippen LogP contribution in [0.4, 0.5) is 4.79 Å². The lowest BCUT2D eigenvalue weighted by atomic mass is 9.99. The van der Waals surface area contributed by atoms with Crippen molar-refractivity contribution in [2.24, 2.45) is 11.8 Å². The van der Waals surface area contributed by atoms with Crippen LogP contribution >= 0.6 is 0 Å². The monoisotopic (exact) mass is 254 g/mol. The zero-order valence-corrected chi connectivity index (χ0v) is 11.3. The number of amides is 2. The van der Waals surface area contributed by atoms with Crippen molar-refractivity contribution < 1.29 is 14.7 Å². The summed E-state index contributed by atoms with van der Waals surface area (Å²) >= 11 is 0. The molecular formula is C13H22N2O3. The second-order valence-electron chi connectivity index (χ2n) is 6.09. The summed E-state index contributed by atoms with van der Waals surface area (Å²) in [5, 5.41) is 12.1. The van der Waals surface area contributed by atoms with Gasteiger partial charge < -0.3 is 15.3 Å². The zero-order valence-electron chi connectivity index (χ0n) is 11.3. The van der Waals surface area contributed by atoms with Crippen LogP contribution in [0.3, 0.4) is 0 Å². The van der Waals surface area contributed by atoms with E-state index < -0.39 is 11.9 Å². The first-order chi connectivity index (χ1) is 8.33. The van der Waals surface area contributed by atoms with Gasteiger partial charge in [-0.2, -0.15) is 0 Å². The molecule has 2 rings (SSSR count). The fraction of sp³-hybridized carbons (Fsp3) is 0.846. The Labute approximate surface area is 108 Å². The van der Waals surface area contributed by atoms with Crippen molar-refractivity contribution >= 4 is 12.0 Å². The molecule has 5 heteroatoms. The number of carbonyl (C=O) groups excluding carboxylic acids is 1. The van der Waals surface area contributed by atoms with Crippen LogP contribution in [0.2, 0.25) is 0 Å². The molecule has 1 aliphatic heterocycles. The second-order valence-corrected chi connectivity index (χ2v) is 6.09. The van der Waals surface area contributed by atoms with Gasteiger partial charge in [-0.15, -0.1) is 0 Å². The van der Waals surface area contributed by atoms with Crippen LogP contribution in [0, 0.1) is 11.8 Å². The van der Waals surface area contributed by atoms with Crippen molar-refractivity contribution in [3.05, 3.63) is 0 Å². The number of likely N-dealkylation sites (tertiary alicyclic amines) is 1. The van der Waals surface area contributed by atoms with E-state index in [1.165, 1.54) is 12.8 Å². The number of nitrogens with zero attached hydrogens (tertiary/aromatic N) is 1. The van der Waals surface area contributed by atoms with Gasteiger partial charge in [-0.1, -0.05) is 0 Å². The van der Waals surface area contributed by atoms with Gasteiger partial charge in [-0.3, -0.25) is 4.79 Å². The molecule has 102 valence electrons. The third-order valence-corrected chi connectivity index (χ3v) is 4.36. The average Bonchev–Trinajstić information content (AvgIpc) is 3.01. The number of rotatable bonds is 3. The van der Waals surface area contributed by atoms with Gasteiger partial charge in [0.1, 0.15) is 0 Å². The number of hydrogen-bond donors (Lipinski definition) is 2. The largest absolute Gasteiger partial charge is 0.481 e. The number of nitrogens with one attached hydrogen (secondary N) is 1. The van der Waals surface area contributed by atoms with Crippen LogP contribution in [-0.4, -0.2) is 40.1 Å². The van der Waals surface area contributed by atoms with E-state index in [0.29, 0.717) is 18.9 Å². The van der Waals surface area contributed by atoms with E-state index in [0.717, 1.165) is 0 Å². The van der Waals surface area contributed by atoms with E-state index in [9.17, 15) is 9.59 Å². The predicted octanol–water partition coefficient (Wildman–Crippen LogP) is 1.68. The number of carbonyl (C=O) groups is 2. The Hall–Kier alpha value is -1.26. The molecule has 2 amide bonds. The topological polar surface area (TPSA) is 69.6 Å². The van der Waals surface area contributed by atoms with Gasteiger partial charge in [0.15, 0.2) is 0 Å². The highest BCUT2D eigenvalue weighted by Crippen LogP contribution is 2.39. The molecule has 2 aliphatic rings. The molecular weight excluding hydrogens is 232 g/mol. The van der Waals surface area contributed by atoms with Gasteiger partial charge in [-0.25, -0.2) is 4.79 Å². The SMILES string of the molecule is CC1C(C(=O)O)CCN1C(=O)NC(C)(C)C1CC1. The third-order valence-electron chi connectivity index (χ3n) is 4.36. The Morgan fingerprint density at radius 3 is 2.33 bits per heavy atom. The van der Waals surface area contributed by atoms with E-state index in [1.807, 2.05) is 20.8 Å². The van der Waals surface area contributed by atoms with E-state index in [4.69, 9.17) is 5.11 Å². The average molecular weight is 254 g/mol. The van der Waals surface area contributed by atoms with Crippen molar-refractivity contribution in [2.75, 3.05) is 6.54 Å². The zero-order chi connectivity index (χ0) is 13.5. The van der Waals surface area contributed by atoms with Crippen molar-refractivity contribution in [3.63, 3.8) is 0 Å². The van der Waals surface area contributed by atoms with Gasteiger partial charge in [0.2, 0.25) is 0 Å². The van der Waals surface area contributed by atoms with Gasteiger partial charge in [0.25, 0.3) is 0 Å². The maximum atomic E-state index is 12.2. The molecule has 1 aliphatic carbocycles. The van der Waals surface area contributed by atoms with E-state index >= 15 is 0 Å². The number of carboxylic acids is 1. The Kier molecular flexibility index (Phi) is 3.25. The van der Waals surface area contributed by atoms with E-state index in [1.54, 1.807) is 4.90 Å². The first-order valence-electron chi connectivity index (χ1n) is 6.64. The summed E-state index contributed by atoms with van der Waals surface area (Å²) in [6, 6.07) is -0.347. The number of carboxylic acid groups (broad SMARTS) is 1. The third kappa shape index (κ3) is 2.44. The molecule has 1 heterocycles. The summed E-state index contributed by atoms with van der Waals surface area (Å²) in [5.41, 5.74) is -0.182. The summed E-state index contributed by atoms with van der Waals surface area (Å²) in [6.45, 7) is 6.43. The smallest absolute Gasteiger partial charge is 0.318 e. The summed E-state index contributed by atoms with van der Waals surface area (Å²) in [5.74, 6) is -0.673. The standard InChI is InChI=1S/C13H22N2O3/c1-8-10(11(16)17)6-7-15(8)12(18)14-13(2,3)9-4-5-9/h8-10H,4-7H2,1-3H3,(H,14,18)(H,16,17). The second kappa shape index (κ2) is 4.44. The first-order valence-corrected chi connectivity index (χ1v) is 6.64. The molecule has 1 saturated carbocycles. The highest BCUT2D eigenvalue weighted by atomic mass is 16.4. The molecule has 0 aromatic carbocycles. The van der Waals surface area contributed by atoms with Crippen LogP contribution in [-0.2, 0) is 4.79 Å². The number of urea groups is 1. The maximum Gasteiger partial charge on any atom is 0.318 e. The fourth-order valence-corrected chi connectivity index (χ4v) is 2.81. The van der Waals surface area contributed by atoms with Crippen LogP contribution in [0.25, 0.3) is 0 Å². The highest BCUT2D eigenvalue weighted by Gasteiger charge is 2.42. The quantitative estimate of drug-likeness (QED) is 0.805. The minimum Gasteiger partial charge on any atom is -0.481 e. The molecule has 2 unspecified atom stereocenters. The van der Waals surface area contributed by atoms with Crippen LogP contribution in [0.15, 0.2) is 0 Å². The van der Waals surface area contributed by atoms with Crippen molar-refractivity contribution in [1.82, 2.24) is 10.2 Å². The highest BCUT2D eigenvalue weighted by molar-refractivity contribution is 5.78. The Morgan fingerprint density at radius 2 is 1.89 bits per heavy atom. The minimum absolute atomic E-state index is 0.122. The lowest BCUT2D eigenvalue weighted by Gasteiger charge is -2.31. The van der Waals surface area contributed by atoms with Gasteiger partial charge >= 0.3 is 12.0 Å². The van der Waals surface area contributed by atoms with Crippen molar-refractivity contribution in [3.8, 4) is 0 Å². The summed E-state index contributed by atoms with van der Waals surface area (Å²) in [7, 11) is 0. The van der Waals surface area contributed by atoms with Crippen molar-refractivity contribution in [2.45, 2.75) is 51.6 Å². The van der Waals surface area contributed by atoms with Crippen LogP contribution in [0.1, 0.15) is 40.0 Å². The van der Waals surface area contributed by atoms with Crippen LogP contribution in [0.5, 0.6) is 0 Å². The maximum absolute atomic E-state index is 12.2. The van der Waals surface area contributed by atoms with Crippen molar-refractivity contribution in [1.29, 1.82) is 0 Å². The molecule has 1 saturated heterocycles. The Bertz CT molecular complexity index is 363. The number of hydrogen-bond acceptors (Lipinski definition) is 2. The lowest BCUT2D eigenvalue weighted by Crippen LogP contribution is -2.52.